The summed E-state index contributed by atoms with van der Waals surface area (Å²) in [5, 5.41) is 16.8. The van der Waals surface area contributed by atoms with Crippen LogP contribution in [0.5, 0.6) is 0 Å². The summed E-state index contributed by atoms with van der Waals surface area (Å²) < 4.78 is 10.7. The number of rotatable bonds is 3. The first-order chi connectivity index (χ1) is 6.79. The van der Waals surface area contributed by atoms with Crippen LogP contribution in [0.15, 0.2) is 0 Å². The SMILES string of the molecule is OB(O)C#CCCOC1CCCCO1. The molecule has 1 aliphatic rings. The first-order valence-corrected chi connectivity index (χ1v) is 4.87. The molecule has 0 aliphatic carbocycles. The van der Waals surface area contributed by atoms with Crippen molar-refractivity contribution in [3.8, 4) is 11.7 Å². The van der Waals surface area contributed by atoms with Crippen molar-refractivity contribution in [3.63, 3.8) is 0 Å². The summed E-state index contributed by atoms with van der Waals surface area (Å²) in [6.45, 7) is 1.25. The number of ether oxygens (including phenoxy) is 2. The van der Waals surface area contributed by atoms with Crippen LogP contribution >= 0.6 is 0 Å². The molecule has 78 valence electrons. The Hall–Kier alpha value is -0.535. The van der Waals surface area contributed by atoms with Gasteiger partial charge in [-0.3, -0.25) is 0 Å². The van der Waals surface area contributed by atoms with Gasteiger partial charge in [-0.25, -0.2) is 0 Å². The molecule has 1 saturated heterocycles. The first-order valence-electron chi connectivity index (χ1n) is 4.87. The van der Waals surface area contributed by atoms with Crippen molar-refractivity contribution < 1.29 is 19.5 Å². The molecule has 0 spiro atoms. The third-order valence-corrected chi connectivity index (χ3v) is 1.90. The van der Waals surface area contributed by atoms with Crippen molar-refractivity contribution in [2.45, 2.75) is 32.0 Å². The third-order valence-electron chi connectivity index (χ3n) is 1.90. The minimum atomic E-state index is -1.54. The smallest absolute Gasteiger partial charge is 0.416 e. The van der Waals surface area contributed by atoms with Crippen molar-refractivity contribution >= 4 is 7.12 Å². The van der Waals surface area contributed by atoms with E-state index < -0.39 is 7.12 Å². The van der Waals surface area contributed by atoms with Gasteiger partial charge in [-0.15, -0.1) is 5.92 Å². The lowest BCUT2D eigenvalue weighted by molar-refractivity contribution is -0.161. The highest BCUT2D eigenvalue weighted by Gasteiger charge is 2.12. The fourth-order valence-corrected chi connectivity index (χ4v) is 1.25. The van der Waals surface area contributed by atoms with Gasteiger partial charge in [0, 0.05) is 13.0 Å². The molecule has 0 amide bonds. The quantitative estimate of drug-likeness (QED) is 0.378. The molecule has 0 aromatic carbocycles. The van der Waals surface area contributed by atoms with E-state index in [-0.39, 0.29) is 6.29 Å². The van der Waals surface area contributed by atoms with Gasteiger partial charge in [0.1, 0.15) is 0 Å². The second kappa shape index (κ2) is 6.85. The molecule has 2 N–H and O–H groups in total. The molecule has 1 atom stereocenters. The Morgan fingerprint density at radius 3 is 2.93 bits per heavy atom. The van der Waals surface area contributed by atoms with E-state index in [1.807, 2.05) is 0 Å². The van der Waals surface area contributed by atoms with Crippen LogP contribution in [-0.2, 0) is 9.47 Å². The first kappa shape index (κ1) is 11.5. The standard InChI is InChI=1S/C9H15BO4/c11-10(12)6-2-4-8-14-9-5-1-3-7-13-9/h9,11-12H,1,3-5,7-8H2. The molecule has 14 heavy (non-hydrogen) atoms. The number of hydrogen-bond acceptors (Lipinski definition) is 4. The zero-order chi connectivity index (χ0) is 10.2. The van der Waals surface area contributed by atoms with Crippen molar-refractivity contribution in [2.75, 3.05) is 13.2 Å². The Labute approximate surface area is 84.4 Å². The molecule has 0 saturated carbocycles. The second-order valence-electron chi connectivity index (χ2n) is 3.11. The van der Waals surface area contributed by atoms with Crippen LogP contribution in [0.25, 0.3) is 0 Å². The van der Waals surface area contributed by atoms with Gasteiger partial charge in [0.25, 0.3) is 0 Å². The Balaban J connectivity index is 2.01. The van der Waals surface area contributed by atoms with E-state index >= 15 is 0 Å². The molecule has 5 heteroatoms. The zero-order valence-electron chi connectivity index (χ0n) is 8.11. The lowest BCUT2D eigenvalue weighted by Gasteiger charge is -2.22. The Morgan fingerprint density at radius 1 is 1.43 bits per heavy atom. The summed E-state index contributed by atoms with van der Waals surface area (Å²) >= 11 is 0. The molecule has 0 radical (unpaired) electrons. The molecule has 1 heterocycles. The van der Waals surface area contributed by atoms with Crippen LogP contribution in [0.1, 0.15) is 25.7 Å². The lowest BCUT2D eigenvalue weighted by Crippen LogP contribution is -2.22. The maximum Gasteiger partial charge on any atom is 0.544 e. The third kappa shape index (κ3) is 5.25. The van der Waals surface area contributed by atoms with E-state index in [1.165, 1.54) is 0 Å². The van der Waals surface area contributed by atoms with Gasteiger partial charge in [0.2, 0.25) is 0 Å². The molecule has 0 aromatic heterocycles. The minimum absolute atomic E-state index is 0.0930. The van der Waals surface area contributed by atoms with Crippen molar-refractivity contribution in [2.24, 2.45) is 0 Å². The molecular weight excluding hydrogens is 183 g/mol. The minimum Gasteiger partial charge on any atom is -0.416 e. The Morgan fingerprint density at radius 2 is 2.29 bits per heavy atom. The maximum absolute atomic E-state index is 8.42. The molecule has 1 rings (SSSR count). The van der Waals surface area contributed by atoms with Crippen molar-refractivity contribution in [1.82, 2.24) is 0 Å². The average molecular weight is 198 g/mol. The summed E-state index contributed by atoms with van der Waals surface area (Å²) in [5.74, 6) is 4.82. The molecule has 1 fully saturated rings. The predicted molar refractivity (Wildman–Crippen MR) is 52.1 cm³/mol. The largest absolute Gasteiger partial charge is 0.544 e. The topological polar surface area (TPSA) is 58.9 Å². The van der Waals surface area contributed by atoms with Gasteiger partial charge in [-0.2, -0.15) is 0 Å². The summed E-state index contributed by atoms with van der Waals surface area (Å²) in [4.78, 5) is 0. The number of hydrogen-bond donors (Lipinski definition) is 2. The van der Waals surface area contributed by atoms with Crippen molar-refractivity contribution in [3.05, 3.63) is 0 Å². The van der Waals surface area contributed by atoms with Gasteiger partial charge in [0.05, 0.1) is 6.61 Å². The highest BCUT2D eigenvalue weighted by molar-refractivity contribution is 6.51. The van der Waals surface area contributed by atoms with Gasteiger partial charge >= 0.3 is 7.12 Å². The van der Waals surface area contributed by atoms with Gasteiger partial charge in [-0.05, 0) is 19.3 Å². The molecule has 0 bridgehead atoms. The van der Waals surface area contributed by atoms with Crippen LogP contribution in [0, 0.1) is 11.7 Å². The maximum atomic E-state index is 8.42. The van der Waals surface area contributed by atoms with Gasteiger partial charge in [-0.1, -0.05) is 5.82 Å². The predicted octanol–water partition coefficient (Wildman–Crippen LogP) is -0.0649. The summed E-state index contributed by atoms with van der Waals surface area (Å²) in [5.41, 5.74) is 0. The summed E-state index contributed by atoms with van der Waals surface area (Å²) in [7, 11) is -1.54. The van der Waals surface area contributed by atoms with Gasteiger partial charge in [0.15, 0.2) is 6.29 Å². The van der Waals surface area contributed by atoms with E-state index in [0.29, 0.717) is 13.0 Å². The Bertz CT molecular complexity index is 203. The van der Waals surface area contributed by atoms with E-state index in [9.17, 15) is 0 Å². The zero-order valence-corrected chi connectivity index (χ0v) is 8.11. The van der Waals surface area contributed by atoms with Gasteiger partial charge < -0.3 is 19.5 Å². The normalized spacial score (nSPS) is 21.1. The lowest BCUT2D eigenvalue weighted by atomic mass is 9.94. The average Bonchev–Trinajstić information content (AvgIpc) is 2.18. The van der Waals surface area contributed by atoms with Crippen LogP contribution in [0.2, 0.25) is 0 Å². The van der Waals surface area contributed by atoms with Crippen molar-refractivity contribution in [1.29, 1.82) is 0 Å². The molecule has 0 aromatic rings. The molecule has 1 aliphatic heterocycles. The fraction of sp³-hybridized carbons (Fsp3) is 0.778. The molecule has 4 nitrogen and oxygen atoms in total. The fourth-order valence-electron chi connectivity index (χ4n) is 1.25. The van der Waals surface area contributed by atoms with Crippen LogP contribution in [-0.4, -0.2) is 36.7 Å². The van der Waals surface area contributed by atoms with E-state index in [4.69, 9.17) is 19.5 Å². The van der Waals surface area contributed by atoms with E-state index in [0.717, 1.165) is 25.9 Å². The highest BCUT2D eigenvalue weighted by atomic mass is 16.7. The summed E-state index contributed by atoms with van der Waals surface area (Å²) in [6.07, 6.45) is 3.60. The van der Waals surface area contributed by atoms with E-state index in [1.54, 1.807) is 0 Å². The Kier molecular flexibility index (Phi) is 5.65. The highest BCUT2D eigenvalue weighted by Crippen LogP contribution is 2.13. The van der Waals surface area contributed by atoms with Crippen LogP contribution in [0.3, 0.4) is 0 Å². The monoisotopic (exact) mass is 198 g/mol. The summed E-state index contributed by atoms with van der Waals surface area (Å²) in [6, 6.07) is 0. The van der Waals surface area contributed by atoms with E-state index in [2.05, 4.69) is 11.7 Å². The second-order valence-corrected chi connectivity index (χ2v) is 3.11. The van der Waals surface area contributed by atoms with Crippen LogP contribution in [0.4, 0.5) is 0 Å². The molecular formula is C9H15BO4. The van der Waals surface area contributed by atoms with Crippen LogP contribution < -0.4 is 0 Å². The molecule has 1 unspecified atom stereocenters.